The lowest BCUT2D eigenvalue weighted by Crippen LogP contribution is -2.32. The Morgan fingerprint density at radius 3 is 2.83 bits per heavy atom. The van der Waals surface area contributed by atoms with Crippen molar-refractivity contribution in [3.8, 4) is 11.1 Å². The highest BCUT2D eigenvalue weighted by molar-refractivity contribution is 5.86. The van der Waals surface area contributed by atoms with Gasteiger partial charge in [-0.3, -0.25) is 0 Å². The Balaban J connectivity index is 1.33. The van der Waals surface area contributed by atoms with E-state index >= 15 is 0 Å². The lowest BCUT2D eigenvalue weighted by atomic mass is 9.86. The highest BCUT2D eigenvalue weighted by atomic mass is 15.3. The molecule has 2 N–H and O–H groups in total. The molecule has 7 nitrogen and oxygen atoms in total. The molecule has 1 aliphatic rings. The summed E-state index contributed by atoms with van der Waals surface area (Å²) in [6.07, 6.45) is 12.5. The third kappa shape index (κ3) is 3.65. The molecule has 29 heavy (non-hydrogen) atoms. The second kappa shape index (κ2) is 7.75. The number of nitrogens with zero attached hydrogens (tertiary/aromatic N) is 5. The molecule has 148 valence electrons. The van der Waals surface area contributed by atoms with Crippen LogP contribution in [0.25, 0.3) is 27.7 Å². The number of pyridine rings is 2. The van der Waals surface area contributed by atoms with E-state index in [0.717, 1.165) is 34.2 Å². The van der Waals surface area contributed by atoms with Crippen LogP contribution in [0.3, 0.4) is 0 Å². The lowest BCUT2D eigenvalue weighted by Gasteiger charge is -2.28. The molecule has 0 amide bonds. The van der Waals surface area contributed by atoms with E-state index in [1.807, 2.05) is 35.2 Å². The van der Waals surface area contributed by atoms with Gasteiger partial charge in [-0.25, -0.2) is 19.5 Å². The lowest BCUT2D eigenvalue weighted by molar-refractivity contribution is 0.312. The van der Waals surface area contributed by atoms with Gasteiger partial charge in [0.15, 0.2) is 5.65 Å². The van der Waals surface area contributed by atoms with Crippen LogP contribution < -0.4 is 10.6 Å². The number of fused-ring (bicyclic) bond motifs is 2. The van der Waals surface area contributed by atoms with Gasteiger partial charge in [-0.1, -0.05) is 0 Å². The van der Waals surface area contributed by atoms with E-state index in [1.54, 1.807) is 6.20 Å². The topological polar surface area (TPSA) is 80.0 Å². The third-order valence-electron chi connectivity index (χ3n) is 5.99. The molecule has 1 fully saturated rings. The van der Waals surface area contributed by atoms with E-state index in [4.69, 9.17) is 0 Å². The highest BCUT2D eigenvalue weighted by Gasteiger charge is 2.20. The van der Waals surface area contributed by atoms with Crippen molar-refractivity contribution in [2.24, 2.45) is 5.92 Å². The van der Waals surface area contributed by atoms with E-state index in [9.17, 15) is 0 Å². The molecular weight excluding hydrogens is 362 g/mol. The van der Waals surface area contributed by atoms with Crippen LogP contribution in [0.5, 0.6) is 0 Å². The van der Waals surface area contributed by atoms with Crippen LogP contribution in [-0.2, 0) is 0 Å². The van der Waals surface area contributed by atoms with Crippen molar-refractivity contribution >= 4 is 22.5 Å². The second-order valence-electron chi connectivity index (χ2n) is 7.80. The molecular formula is C22H25N7. The van der Waals surface area contributed by atoms with Gasteiger partial charge >= 0.3 is 0 Å². The van der Waals surface area contributed by atoms with Crippen molar-refractivity contribution in [3.05, 3.63) is 49.1 Å². The molecule has 1 aliphatic carbocycles. The van der Waals surface area contributed by atoms with Crippen LogP contribution in [0, 0.1) is 5.92 Å². The Labute approximate surface area is 169 Å². The molecule has 0 radical (unpaired) electrons. The van der Waals surface area contributed by atoms with Crippen molar-refractivity contribution in [1.82, 2.24) is 29.9 Å². The zero-order valence-corrected chi connectivity index (χ0v) is 16.5. The first kappa shape index (κ1) is 18.0. The van der Waals surface area contributed by atoms with Crippen LogP contribution in [0.15, 0.2) is 49.1 Å². The maximum absolute atomic E-state index is 4.65. The summed E-state index contributed by atoms with van der Waals surface area (Å²) in [5.74, 6) is 1.37. The number of nitrogens with one attached hydrogen (secondary N) is 2. The van der Waals surface area contributed by atoms with Crippen molar-refractivity contribution in [2.75, 3.05) is 18.9 Å². The van der Waals surface area contributed by atoms with Crippen LogP contribution in [-0.4, -0.2) is 44.2 Å². The summed E-state index contributed by atoms with van der Waals surface area (Å²) < 4.78 is 1.88. The normalized spacial score (nSPS) is 19.6. The maximum atomic E-state index is 4.65. The van der Waals surface area contributed by atoms with Gasteiger partial charge in [-0.15, -0.1) is 5.10 Å². The molecule has 0 aliphatic heterocycles. The number of hydrogen-bond donors (Lipinski definition) is 2. The molecule has 4 aromatic rings. The van der Waals surface area contributed by atoms with Crippen molar-refractivity contribution in [3.63, 3.8) is 0 Å². The number of aromatic nitrogens is 5. The number of hydrogen-bond acceptors (Lipinski definition) is 6. The standard InChI is InChI=1S/C22H25N7/c1-23-18-6-4-15(5-7-18)12-26-22-27-14-20-19(8-10-29(20)28-22)17-11-16-3-2-9-24-21(16)25-13-17/h2-3,8-11,13-15,18,23H,4-7,12H2,1H3,(H,26,28). The maximum Gasteiger partial charge on any atom is 0.241 e. The summed E-state index contributed by atoms with van der Waals surface area (Å²) >= 11 is 0. The molecule has 5 rings (SSSR count). The molecule has 0 bridgehead atoms. The van der Waals surface area contributed by atoms with E-state index in [1.165, 1.54) is 25.7 Å². The summed E-state index contributed by atoms with van der Waals surface area (Å²) in [6, 6.07) is 8.81. The monoisotopic (exact) mass is 387 g/mol. The fraction of sp³-hybridized carbons (Fsp3) is 0.364. The highest BCUT2D eigenvalue weighted by Crippen LogP contribution is 2.27. The smallest absolute Gasteiger partial charge is 0.241 e. The van der Waals surface area contributed by atoms with Gasteiger partial charge in [-0.2, -0.15) is 0 Å². The molecule has 0 saturated heterocycles. The van der Waals surface area contributed by atoms with E-state index in [2.05, 4.69) is 49.9 Å². The SMILES string of the molecule is CNC1CCC(CNc2ncc3c(-c4cnc5ncccc5c4)ccn3n2)CC1. The first-order chi connectivity index (χ1) is 14.3. The van der Waals surface area contributed by atoms with Gasteiger partial charge in [-0.05, 0) is 62.9 Å². The molecule has 4 heterocycles. The minimum atomic E-state index is 0.677. The number of rotatable bonds is 5. The van der Waals surface area contributed by atoms with Crippen molar-refractivity contribution in [2.45, 2.75) is 31.7 Å². The third-order valence-corrected chi connectivity index (χ3v) is 5.99. The fourth-order valence-electron chi connectivity index (χ4n) is 4.23. The average Bonchev–Trinajstić information content (AvgIpc) is 3.21. The van der Waals surface area contributed by atoms with Crippen LogP contribution in [0.2, 0.25) is 0 Å². The zero-order chi connectivity index (χ0) is 19.6. The Kier molecular flexibility index (Phi) is 4.81. The summed E-state index contributed by atoms with van der Waals surface area (Å²) in [7, 11) is 2.06. The minimum absolute atomic E-state index is 0.677. The summed E-state index contributed by atoms with van der Waals surface area (Å²) in [5, 5.41) is 12.5. The zero-order valence-electron chi connectivity index (χ0n) is 16.5. The van der Waals surface area contributed by atoms with Gasteiger partial charge in [0.05, 0.1) is 11.7 Å². The summed E-state index contributed by atoms with van der Waals surface area (Å²) in [6.45, 7) is 0.928. The van der Waals surface area contributed by atoms with Gasteiger partial charge in [0.2, 0.25) is 5.95 Å². The Hall–Kier alpha value is -3.06. The van der Waals surface area contributed by atoms with E-state index < -0.39 is 0 Å². The predicted molar refractivity (Wildman–Crippen MR) is 115 cm³/mol. The van der Waals surface area contributed by atoms with E-state index in [0.29, 0.717) is 17.9 Å². The Morgan fingerprint density at radius 1 is 1.07 bits per heavy atom. The fourth-order valence-corrected chi connectivity index (χ4v) is 4.23. The molecule has 0 unspecified atom stereocenters. The minimum Gasteiger partial charge on any atom is -0.353 e. The first-order valence-corrected chi connectivity index (χ1v) is 10.3. The van der Waals surface area contributed by atoms with Gasteiger partial charge in [0.1, 0.15) is 0 Å². The van der Waals surface area contributed by atoms with Gasteiger partial charge < -0.3 is 10.6 Å². The average molecular weight is 387 g/mol. The van der Waals surface area contributed by atoms with Crippen LogP contribution >= 0.6 is 0 Å². The summed E-state index contributed by atoms with van der Waals surface area (Å²) in [5.41, 5.74) is 3.83. The van der Waals surface area contributed by atoms with E-state index in [-0.39, 0.29) is 0 Å². The summed E-state index contributed by atoms with van der Waals surface area (Å²) in [4.78, 5) is 13.3. The Morgan fingerprint density at radius 2 is 1.97 bits per heavy atom. The van der Waals surface area contributed by atoms with Crippen molar-refractivity contribution in [1.29, 1.82) is 0 Å². The van der Waals surface area contributed by atoms with Gasteiger partial charge in [0, 0.05) is 47.7 Å². The van der Waals surface area contributed by atoms with Gasteiger partial charge in [0.25, 0.3) is 0 Å². The molecule has 7 heteroatoms. The van der Waals surface area contributed by atoms with Crippen molar-refractivity contribution < 1.29 is 0 Å². The van der Waals surface area contributed by atoms with Crippen LogP contribution in [0.1, 0.15) is 25.7 Å². The molecule has 0 aromatic carbocycles. The largest absolute Gasteiger partial charge is 0.353 e. The van der Waals surface area contributed by atoms with Crippen LogP contribution in [0.4, 0.5) is 5.95 Å². The molecule has 0 atom stereocenters. The molecule has 1 saturated carbocycles. The molecule has 4 aromatic heterocycles. The predicted octanol–water partition coefficient (Wildman–Crippen LogP) is 3.53. The Bertz CT molecular complexity index is 1130. The molecule has 0 spiro atoms. The number of anilines is 1. The quantitative estimate of drug-likeness (QED) is 0.545. The first-order valence-electron chi connectivity index (χ1n) is 10.3. The second-order valence-corrected chi connectivity index (χ2v) is 7.80.